The Hall–Kier alpha value is -5.50. The minimum absolute atomic E-state index is 0.156. The second kappa shape index (κ2) is 9.67. The number of aromatic nitrogens is 4. The molecule has 11 nitrogen and oxygen atoms in total. The van der Waals surface area contributed by atoms with Crippen molar-refractivity contribution in [1.82, 2.24) is 30.1 Å². The van der Waals surface area contributed by atoms with E-state index in [0.29, 0.717) is 33.7 Å². The number of H-pyrrole nitrogens is 1. The summed E-state index contributed by atoms with van der Waals surface area (Å²) >= 11 is 0. The second-order valence-electron chi connectivity index (χ2n) is 9.61. The number of aromatic amines is 1. The third kappa shape index (κ3) is 4.12. The first-order valence-corrected chi connectivity index (χ1v) is 12.6. The summed E-state index contributed by atoms with van der Waals surface area (Å²) in [6, 6.07) is 15.6. The average molecular weight is 532 g/mol. The van der Waals surface area contributed by atoms with Crippen LogP contribution in [0, 0.1) is 17.8 Å². The summed E-state index contributed by atoms with van der Waals surface area (Å²) in [5.74, 6) is 5.37. The lowest BCUT2D eigenvalue weighted by molar-refractivity contribution is -0.126. The quantitative estimate of drug-likeness (QED) is 0.344. The lowest BCUT2D eigenvalue weighted by atomic mass is 9.92. The van der Waals surface area contributed by atoms with Gasteiger partial charge in [-0.05, 0) is 56.2 Å². The van der Waals surface area contributed by atoms with Crippen LogP contribution in [0.2, 0.25) is 0 Å². The van der Waals surface area contributed by atoms with Crippen molar-refractivity contribution < 1.29 is 4.79 Å². The van der Waals surface area contributed by atoms with E-state index in [2.05, 4.69) is 37.4 Å². The number of rotatable bonds is 4. The molecule has 0 fully saturated rings. The number of aliphatic imine (C=N–C) groups is 1. The van der Waals surface area contributed by atoms with Crippen molar-refractivity contribution in [3.8, 4) is 17.5 Å². The minimum atomic E-state index is -0.985. The highest BCUT2D eigenvalue weighted by Crippen LogP contribution is 2.35. The van der Waals surface area contributed by atoms with Gasteiger partial charge in [-0.25, -0.2) is 9.99 Å². The standard InChI is InChI=1S/C29H25N9O2/c1-18(33-27(39)24-25(30)36-37-17-7-15-31-29(24,37)2)26-34-22-11-6-8-19(12-13-20-14-16-32-35-20)23(22)28(40)38(26)21-9-4-3-5-10-21/h3-11,14-18,24H,1-2H3,(H2,30,36)(H,32,35)(H,33,39). The molecule has 2 aromatic carbocycles. The van der Waals surface area contributed by atoms with Crippen LogP contribution >= 0.6 is 0 Å². The van der Waals surface area contributed by atoms with Gasteiger partial charge in [0.15, 0.2) is 5.66 Å². The molecule has 0 radical (unpaired) electrons. The fourth-order valence-electron chi connectivity index (χ4n) is 5.00. The molecule has 3 unspecified atom stereocenters. The smallest absolute Gasteiger partial charge is 0.267 e. The van der Waals surface area contributed by atoms with Gasteiger partial charge in [-0.3, -0.25) is 24.2 Å². The maximum atomic E-state index is 14.1. The van der Waals surface area contributed by atoms with Crippen LogP contribution in [-0.2, 0) is 4.79 Å². The molecule has 0 spiro atoms. The van der Waals surface area contributed by atoms with Gasteiger partial charge in [0.05, 0.1) is 22.6 Å². The summed E-state index contributed by atoms with van der Waals surface area (Å²) in [5, 5.41) is 16.0. The van der Waals surface area contributed by atoms with Crippen LogP contribution < -0.4 is 16.6 Å². The predicted octanol–water partition coefficient (Wildman–Crippen LogP) is 2.20. The minimum Gasteiger partial charge on any atom is -0.385 e. The highest BCUT2D eigenvalue weighted by molar-refractivity contribution is 6.05. The summed E-state index contributed by atoms with van der Waals surface area (Å²) in [6.45, 7) is 3.57. The third-order valence-electron chi connectivity index (χ3n) is 6.96. The monoisotopic (exact) mass is 531 g/mol. The molecule has 0 bridgehead atoms. The van der Waals surface area contributed by atoms with Gasteiger partial charge in [-0.2, -0.15) is 10.2 Å². The highest BCUT2D eigenvalue weighted by Gasteiger charge is 2.51. The van der Waals surface area contributed by atoms with Crippen LogP contribution in [0.4, 0.5) is 0 Å². The molecule has 198 valence electrons. The normalized spacial score (nSPS) is 20.0. The number of nitrogens with zero attached hydrogens (tertiary/aromatic N) is 6. The number of para-hydroxylation sites is 1. The Morgan fingerprint density at radius 3 is 2.75 bits per heavy atom. The Morgan fingerprint density at radius 1 is 1.15 bits per heavy atom. The molecule has 2 aliphatic rings. The van der Waals surface area contributed by atoms with Crippen molar-refractivity contribution in [2.45, 2.75) is 25.6 Å². The molecule has 3 atom stereocenters. The molecule has 11 heteroatoms. The van der Waals surface area contributed by atoms with Gasteiger partial charge in [0.2, 0.25) is 5.91 Å². The maximum Gasteiger partial charge on any atom is 0.267 e. The lowest BCUT2D eigenvalue weighted by Gasteiger charge is -2.34. The predicted molar refractivity (Wildman–Crippen MR) is 151 cm³/mol. The number of fused-ring (bicyclic) bond motifs is 2. The number of nitrogens with two attached hydrogens (primary N) is 1. The summed E-state index contributed by atoms with van der Waals surface area (Å²) in [6.07, 6.45) is 6.69. The van der Waals surface area contributed by atoms with E-state index < -0.39 is 17.6 Å². The van der Waals surface area contributed by atoms with E-state index in [1.54, 1.807) is 67.8 Å². The molecule has 4 N–H and O–H groups in total. The van der Waals surface area contributed by atoms with Crippen molar-refractivity contribution in [3.05, 3.63) is 101 Å². The molecule has 40 heavy (non-hydrogen) atoms. The number of nitrogens with one attached hydrogen (secondary N) is 2. The largest absolute Gasteiger partial charge is 0.385 e. The average Bonchev–Trinajstić information content (AvgIpc) is 3.56. The van der Waals surface area contributed by atoms with Gasteiger partial charge in [0, 0.05) is 24.2 Å². The molecule has 0 saturated carbocycles. The molecule has 4 heterocycles. The van der Waals surface area contributed by atoms with Crippen molar-refractivity contribution in [2.24, 2.45) is 21.7 Å². The van der Waals surface area contributed by atoms with Crippen molar-refractivity contribution >= 4 is 28.9 Å². The van der Waals surface area contributed by atoms with Crippen LogP contribution in [0.3, 0.4) is 0 Å². The zero-order valence-corrected chi connectivity index (χ0v) is 21.7. The molecule has 0 saturated heterocycles. The first-order chi connectivity index (χ1) is 19.4. The van der Waals surface area contributed by atoms with Gasteiger partial charge < -0.3 is 11.1 Å². The number of amidine groups is 1. The van der Waals surface area contributed by atoms with Gasteiger partial charge in [0.25, 0.3) is 5.56 Å². The van der Waals surface area contributed by atoms with Crippen LogP contribution in [0.5, 0.6) is 0 Å². The van der Waals surface area contributed by atoms with Crippen molar-refractivity contribution in [2.75, 3.05) is 0 Å². The van der Waals surface area contributed by atoms with E-state index in [1.165, 1.54) is 4.57 Å². The zero-order chi connectivity index (χ0) is 27.9. The fraction of sp³-hybridized carbons (Fsp3) is 0.172. The number of carbonyl (C=O) groups is 1. The summed E-state index contributed by atoms with van der Waals surface area (Å²) < 4.78 is 1.51. The number of hydrogen-bond donors (Lipinski definition) is 3. The van der Waals surface area contributed by atoms with Crippen LogP contribution in [-0.4, -0.2) is 48.4 Å². The number of carbonyl (C=O) groups excluding carboxylic acids is 1. The van der Waals surface area contributed by atoms with E-state index in [1.807, 2.05) is 30.3 Å². The molecule has 2 aliphatic heterocycles. The zero-order valence-electron chi connectivity index (χ0n) is 21.7. The van der Waals surface area contributed by atoms with Gasteiger partial charge in [-0.1, -0.05) is 30.2 Å². The summed E-state index contributed by atoms with van der Waals surface area (Å²) in [7, 11) is 0. The number of hydrogen-bond acceptors (Lipinski definition) is 8. The van der Waals surface area contributed by atoms with Gasteiger partial charge >= 0.3 is 0 Å². The Balaban J connectivity index is 1.44. The first kappa shape index (κ1) is 24.8. The topological polar surface area (TPSA) is 147 Å². The van der Waals surface area contributed by atoms with Crippen LogP contribution in [0.25, 0.3) is 16.6 Å². The second-order valence-corrected chi connectivity index (χ2v) is 9.61. The first-order valence-electron chi connectivity index (χ1n) is 12.6. The molecule has 1 amide bonds. The van der Waals surface area contributed by atoms with Gasteiger partial charge in [-0.15, -0.1) is 0 Å². The van der Waals surface area contributed by atoms with E-state index in [-0.39, 0.29) is 17.3 Å². The molecule has 6 rings (SSSR count). The number of allylic oxidation sites excluding steroid dienone is 1. The molecule has 0 aliphatic carbocycles. The van der Waals surface area contributed by atoms with Gasteiger partial charge in [0.1, 0.15) is 23.3 Å². The number of amides is 1. The third-order valence-corrected chi connectivity index (χ3v) is 6.96. The van der Waals surface area contributed by atoms with E-state index >= 15 is 0 Å². The Morgan fingerprint density at radius 2 is 1.98 bits per heavy atom. The molecular weight excluding hydrogens is 506 g/mol. The van der Waals surface area contributed by atoms with E-state index in [0.717, 1.165) is 0 Å². The maximum absolute atomic E-state index is 14.1. The molecule has 4 aromatic rings. The van der Waals surface area contributed by atoms with Crippen LogP contribution in [0.1, 0.15) is 37.0 Å². The SMILES string of the molecule is CC(NC(=O)C1C(N)=NN2C=CC=NC12C)c1nc2cccc(C#Cc3ccn[nH]3)c2c(=O)n1-c1ccccc1. The number of hydrazone groups is 1. The highest BCUT2D eigenvalue weighted by atomic mass is 16.2. The Bertz CT molecular complexity index is 1830. The van der Waals surface area contributed by atoms with E-state index in [9.17, 15) is 9.59 Å². The lowest BCUT2D eigenvalue weighted by Crippen LogP contribution is -2.52. The summed E-state index contributed by atoms with van der Waals surface area (Å²) in [5.41, 5.74) is 7.13. The molecule has 2 aromatic heterocycles. The molecular formula is C29H25N9O2. The summed E-state index contributed by atoms with van der Waals surface area (Å²) in [4.78, 5) is 37.1. The number of benzene rings is 2. The Labute approximate surface area is 229 Å². The Kier molecular flexibility index (Phi) is 6.00. The van der Waals surface area contributed by atoms with Crippen molar-refractivity contribution in [1.29, 1.82) is 0 Å². The van der Waals surface area contributed by atoms with Crippen LogP contribution in [0.15, 0.2) is 88.0 Å². The van der Waals surface area contributed by atoms with E-state index in [4.69, 9.17) is 10.7 Å². The fourth-order valence-corrected chi connectivity index (χ4v) is 5.00. The van der Waals surface area contributed by atoms with Crippen molar-refractivity contribution in [3.63, 3.8) is 0 Å².